The summed E-state index contributed by atoms with van der Waals surface area (Å²) in [6, 6.07) is 13.1. The van der Waals surface area contributed by atoms with Crippen molar-refractivity contribution in [2.45, 2.75) is 6.54 Å². The molecule has 0 aliphatic carbocycles. The van der Waals surface area contributed by atoms with E-state index < -0.39 is 0 Å². The van der Waals surface area contributed by atoms with Gasteiger partial charge in [0.05, 0.1) is 36.5 Å². The molecule has 0 atom stereocenters. The highest BCUT2D eigenvalue weighted by molar-refractivity contribution is 5.84. The first kappa shape index (κ1) is 13.5. The monoisotopic (exact) mass is 306 g/mol. The Bertz CT molecular complexity index is 1030. The molecule has 6 nitrogen and oxygen atoms in total. The lowest BCUT2D eigenvalue weighted by atomic mass is 10.2. The minimum atomic E-state index is -0.145. The van der Waals surface area contributed by atoms with Gasteiger partial charge in [0, 0.05) is 0 Å². The van der Waals surface area contributed by atoms with Gasteiger partial charge in [-0.1, -0.05) is 18.2 Å². The Balaban J connectivity index is 1.82. The van der Waals surface area contributed by atoms with E-state index in [1.165, 1.54) is 10.9 Å². The zero-order valence-electron chi connectivity index (χ0n) is 12.5. The summed E-state index contributed by atoms with van der Waals surface area (Å²) >= 11 is 0. The standard InChI is InChI=1S/C17H14N4O2/c1-23-14-8-4-7-13-16(14)17(22)21(10-18-13)9-15-19-11-5-2-3-6-12(11)20-15/h2-8,10H,9H2,1H3,(H,19,20). The molecule has 23 heavy (non-hydrogen) atoms. The zero-order chi connectivity index (χ0) is 15.8. The van der Waals surface area contributed by atoms with E-state index in [1.807, 2.05) is 30.3 Å². The first-order chi connectivity index (χ1) is 11.3. The maximum Gasteiger partial charge on any atom is 0.265 e. The second-order valence-electron chi connectivity index (χ2n) is 5.23. The number of aromatic nitrogens is 4. The minimum absolute atomic E-state index is 0.145. The van der Waals surface area contributed by atoms with Crippen molar-refractivity contribution in [3.63, 3.8) is 0 Å². The molecular formula is C17H14N4O2. The molecule has 0 bridgehead atoms. The molecule has 0 unspecified atom stereocenters. The Labute approximate surface area is 131 Å². The quantitative estimate of drug-likeness (QED) is 0.630. The third-order valence-corrected chi connectivity index (χ3v) is 3.79. The molecule has 2 heterocycles. The molecule has 1 N–H and O–H groups in total. The Morgan fingerprint density at radius 2 is 1.96 bits per heavy atom. The van der Waals surface area contributed by atoms with Crippen LogP contribution in [0.4, 0.5) is 0 Å². The molecule has 0 aliphatic heterocycles. The molecule has 0 amide bonds. The number of ether oxygens (including phenoxy) is 1. The van der Waals surface area contributed by atoms with Gasteiger partial charge in [0.2, 0.25) is 0 Å². The predicted octanol–water partition coefficient (Wildman–Crippen LogP) is 2.33. The summed E-state index contributed by atoms with van der Waals surface area (Å²) in [5.74, 6) is 1.24. The molecule has 0 saturated carbocycles. The fourth-order valence-electron chi connectivity index (χ4n) is 2.69. The first-order valence-electron chi connectivity index (χ1n) is 7.22. The summed E-state index contributed by atoms with van der Waals surface area (Å²) in [7, 11) is 1.55. The van der Waals surface area contributed by atoms with Crippen LogP contribution in [-0.4, -0.2) is 26.6 Å². The number of methoxy groups -OCH3 is 1. The third kappa shape index (κ3) is 2.24. The number of benzene rings is 2. The van der Waals surface area contributed by atoms with E-state index in [9.17, 15) is 4.79 Å². The fourth-order valence-corrected chi connectivity index (χ4v) is 2.69. The van der Waals surface area contributed by atoms with Gasteiger partial charge >= 0.3 is 0 Å². The van der Waals surface area contributed by atoms with E-state index in [4.69, 9.17) is 4.74 Å². The highest BCUT2D eigenvalue weighted by Crippen LogP contribution is 2.20. The van der Waals surface area contributed by atoms with Crippen molar-refractivity contribution < 1.29 is 4.74 Å². The van der Waals surface area contributed by atoms with E-state index in [1.54, 1.807) is 19.2 Å². The van der Waals surface area contributed by atoms with Crippen LogP contribution >= 0.6 is 0 Å². The number of hydrogen-bond donors (Lipinski definition) is 1. The van der Waals surface area contributed by atoms with Crippen molar-refractivity contribution in [1.29, 1.82) is 0 Å². The van der Waals surface area contributed by atoms with Crippen LogP contribution in [0.1, 0.15) is 5.82 Å². The lowest BCUT2D eigenvalue weighted by Gasteiger charge is -2.07. The van der Waals surface area contributed by atoms with Crippen LogP contribution in [0.15, 0.2) is 53.6 Å². The van der Waals surface area contributed by atoms with Gasteiger partial charge in [-0.05, 0) is 24.3 Å². The van der Waals surface area contributed by atoms with E-state index in [0.717, 1.165) is 11.0 Å². The molecule has 2 aromatic carbocycles. The topological polar surface area (TPSA) is 72.8 Å². The van der Waals surface area contributed by atoms with E-state index >= 15 is 0 Å². The maximum atomic E-state index is 12.7. The van der Waals surface area contributed by atoms with Gasteiger partial charge < -0.3 is 9.72 Å². The van der Waals surface area contributed by atoms with E-state index in [2.05, 4.69) is 15.0 Å². The Hall–Kier alpha value is -3.15. The second kappa shape index (κ2) is 5.24. The molecule has 4 rings (SSSR count). The van der Waals surface area contributed by atoms with Crippen LogP contribution in [0.2, 0.25) is 0 Å². The van der Waals surface area contributed by atoms with E-state index in [0.29, 0.717) is 29.0 Å². The summed E-state index contributed by atoms with van der Waals surface area (Å²) in [4.78, 5) is 24.8. The minimum Gasteiger partial charge on any atom is -0.496 e. The SMILES string of the molecule is COc1cccc2ncn(Cc3nc4ccccc4[nH]3)c(=O)c12. The summed E-state index contributed by atoms with van der Waals surface area (Å²) in [5.41, 5.74) is 2.30. The van der Waals surface area contributed by atoms with Gasteiger partial charge in [0.15, 0.2) is 0 Å². The number of nitrogens with one attached hydrogen (secondary N) is 1. The smallest absolute Gasteiger partial charge is 0.265 e. The van der Waals surface area contributed by atoms with Crippen molar-refractivity contribution in [3.8, 4) is 5.75 Å². The second-order valence-corrected chi connectivity index (χ2v) is 5.23. The highest BCUT2D eigenvalue weighted by Gasteiger charge is 2.11. The largest absolute Gasteiger partial charge is 0.496 e. The van der Waals surface area contributed by atoms with Crippen LogP contribution in [-0.2, 0) is 6.54 Å². The molecular weight excluding hydrogens is 292 g/mol. The van der Waals surface area contributed by atoms with Crippen LogP contribution in [0.25, 0.3) is 21.9 Å². The molecule has 114 valence electrons. The van der Waals surface area contributed by atoms with Crippen molar-refractivity contribution in [2.24, 2.45) is 0 Å². The number of para-hydroxylation sites is 2. The van der Waals surface area contributed by atoms with E-state index in [-0.39, 0.29) is 5.56 Å². The average molecular weight is 306 g/mol. The van der Waals surface area contributed by atoms with Crippen LogP contribution in [0.5, 0.6) is 5.75 Å². The number of fused-ring (bicyclic) bond motifs is 2. The Morgan fingerprint density at radius 3 is 2.78 bits per heavy atom. The summed E-state index contributed by atoms with van der Waals surface area (Å²) in [6.07, 6.45) is 1.54. The fraction of sp³-hybridized carbons (Fsp3) is 0.118. The Morgan fingerprint density at radius 1 is 1.13 bits per heavy atom. The number of hydrogen-bond acceptors (Lipinski definition) is 4. The third-order valence-electron chi connectivity index (χ3n) is 3.79. The molecule has 0 fully saturated rings. The number of rotatable bonds is 3. The number of H-pyrrole nitrogens is 1. The molecule has 0 saturated heterocycles. The lowest BCUT2D eigenvalue weighted by molar-refractivity contribution is 0.419. The van der Waals surface area contributed by atoms with Crippen molar-refractivity contribution in [3.05, 3.63) is 65.0 Å². The lowest BCUT2D eigenvalue weighted by Crippen LogP contribution is -2.22. The molecule has 0 radical (unpaired) electrons. The van der Waals surface area contributed by atoms with Crippen LogP contribution < -0.4 is 10.3 Å². The molecule has 4 aromatic rings. The van der Waals surface area contributed by atoms with Gasteiger partial charge in [-0.3, -0.25) is 9.36 Å². The Kier molecular flexibility index (Phi) is 3.08. The molecule has 6 heteroatoms. The normalized spacial score (nSPS) is 11.2. The van der Waals surface area contributed by atoms with Gasteiger partial charge in [-0.15, -0.1) is 0 Å². The van der Waals surface area contributed by atoms with Crippen LogP contribution in [0.3, 0.4) is 0 Å². The van der Waals surface area contributed by atoms with Crippen molar-refractivity contribution in [1.82, 2.24) is 19.5 Å². The summed E-state index contributed by atoms with van der Waals surface area (Å²) in [5, 5.41) is 0.480. The number of aromatic amines is 1. The van der Waals surface area contributed by atoms with Crippen LogP contribution in [0, 0.1) is 0 Å². The molecule has 0 spiro atoms. The first-order valence-corrected chi connectivity index (χ1v) is 7.22. The number of nitrogens with zero attached hydrogens (tertiary/aromatic N) is 3. The highest BCUT2D eigenvalue weighted by atomic mass is 16.5. The number of imidazole rings is 1. The molecule has 0 aliphatic rings. The van der Waals surface area contributed by atoms with Crippen molar-refractivity contribution in [2.75, 3.05) is 7.11 Å². The van der Waals surface area contributed by atoms with Gasteiger partial charge in [-0.2, -0.15) is 0 Å². The average Bonchev–Trinajstić information content (AvgIpc) is 2.99. The predicted molar refractivity (Wildman–Crippen MR) is 87.8 cm³/mol. The zero-order valence-corrected chi connectivity index (χ0v) is 12.5. The van der Waals surface area contributed by atoms with Crippen molar-refractivity contribution >= 4 is 21.9 Å². The van der Waals surface area contributed by atoms with Gasteiger partial charge in [0.1, 0.15) is 17.0 Å². The maximum absolute atomic E-state index is 12.7. The summed E-state index contributed by atoms with van der Waals surface area (Å²) in [6.45, 7) is 0.328. The summed E-state index contributed by atoms with van der Waals surface area (Å²) < 4.78 is 6.82. The molecule has 2 aromatic heterocycles. The van der Waals surface area contributed by atoms with Gasteiger partial charge in [-0.25, -0.2) is 9.97 Å². The van der Waals surface area contributed by atoms with Gasteiger partial charge in [0.25, 0.3) is 5.56 Å².